The first-order valence-corrected chi connectivity index (χ1v) is 10.2. The summed E-state index contributed by atoms with van der Waals surface area (Å²) in [5.41, 5.74) is 3.39. The smallest absolute Gasteiger partial charge is 0.259 e. The Morgan fingerprint density at radius 3 is 2.48 bits per heavy atom. The highest BCUT2D eigenvalue weighted by molar-refractivity contribution is 5.81. The van der Waals surface area contributed by atoms with E-state index >= 15 is 0 Å². The van der Waals surface area contributed by atoms with Crippen molar-refractivity contribution in [2.45, 2.75) is 33.9 Å². The quantitative estimate of drug-likeness (QED) is 0.464. The lowest BCUT2D eigenvalue weighted by Crippen LogP contribution is -3.09. The van der Waals surface area contributed by atoms with Gasteiger partial charge in [0.05, 0.1) is 31.7 Å². The first-order valence-electron chi connectivity index (χ1n) is 10.2. The Morgan fingerprint density at radius 1 is 1.03 bits per heavy atom. The van der Waals surface area contributed by atoms with Crippen LogP contribution in [0.3, 0.4) is 0 Å². The normalized spacial score (nSPS) is 12.4. The van der Waals surface area contributed by atoms with Crippen molar-refractivity contribution >= 4 is 16.7 Å². The zero-order valence-electron chi connectivity index (χ0n) is 18.4. The second-order valence-electron chi connectivity index (χ2n) is 7.64. The molecule has 0 bridgehead atoms. The number of benzene rings is 1. The van der Waals surface area contributed by atoms with Gasteiger partial charge in [-0.25, -0.2) is 15.0 Å². The van der Waals surface area contributed by atoms with Crippen molar-refractivity contribution in [1.82, 2.24) is 24.3 Å². The van der Waals surface area contributed by atoms with Gasteiger partial charge in [0, 0.05) is 23.7 Å². The van der Waals surface area contributed by atoms with Crippen molar-refractivity contribution in [3.63, 3.8) is 0 Å². The molecule has 3 heterocycles. The zero-order chi connectivity index (χ0) is 22.1. The second kappa shape index (κ2) is 8.35. The molecular weight excluding hydrogens is 396 g/mol. The van der Waals surface area contributed by atoms with E-state index in [2.05, 4.69) is 26.9 Å². The Morgan fingerprint density at radius 2 is 1.77 bits per heavy atom. The summed E-state index contributed by atoms with van der Waals surface area (Å²) in [5.74, 6) is 2.38. The molecule has 0 aliphatic carbocycles. The minimum absolute atomic E-state index is 0.195. The van der Waals surface area contributed by atoms with Crippen LogP contribution in [-0.4, -0.2) is 45.1 Å². The summed E-state index contributed by atoms with van der Waals surface area (Å²) in [6.45, 7) is 8.24. The van der Waals surface area contributed by atoms with Gasteiger partial charge in [0.1, 0.15) is 18.8 Å². The van der Waals surface area contributed by atoms with Crippen LogP contribution in [0.4, 0.5) is 0 Å². The number of H-pyrrole nitrogens is 1. The van der Waals surface area contributed by atoms with Gasteiger partial charge < -0.3 is 19.4 Å². The molecule has 162 valence electrons. The summed E-state index contributed by atoms with van der Waals surface area (Å²) in [6.07, 6.45) is 2.03. The summed E-state index contributed by atoms with van der Waals surface area (Å²) in [7, 11) is 3.10. The van der Waals surface area contributed by atoms with Gasteiger partial charge in [0.25, 0.3) is 5.56 Å². The molecule has 0 aliphatic rings. The van der Waals surface area contributed by atoms with Gasteiger partial charge in [0.2, 0.25) is 5.78 Å². The largest absolute Gasteiger partial charge is 0.493 e. The number of aromatic amines is 1. The Bertz CT molecular complexity index is 1310. The topological polar surface area (TPSA) is 98.8 Å². The van der Waals surface area contributed by atoms with Gasteiger partial charge >= 0.3 is 0 Å². The first-order chi connectivity index (χ1) is 14.9. The Balaban J connectivity index is 1.62. The number of hydrogen-bond donors (Lipinski definition) is 2. The lowest BCUT2D eigenvalue weighted by molar-refractivity contribution is -0.926. The molecule has 9 heteroatoms. The molecule has 4 rings (SSSR count). The molecule has 0 fully saturated rings. The number of hydrogen-bond acceptors (Lipinski definition) is 6. The molecule has 9 nitrogen and oxygen atoms in total. The van der Waals surface area contributed by atoms with E-state index in [0.29, 0.717) is 47.1 Å². The predicted molar refractivity (Wildman–Crippen MR) is 117 cm³/mol. The molecule has 1 unspecified atom stereocenters. The number of ether oxygens (including phenoxy) is 2. The Kier molecular flexibility index (Phi) is 5.60. The molecule has 1 atom stereocenters. The Labute approximate surface area is 179 Å². The minimum atomic E-state index is -0.195. The average Bonchev–Trinajstić information content (AvgIpc) is 3.15. The van der Waals surface area contributed by atoms with Crippen molar-refractivity contribution in [1.29, 1.82) is 0 Å². The summed E-state index contributed by atoms with van der Waals surface area (Å²) < 4.78 is 12.7. The maximum absolute atomic E-state index is 12.7. The lowest BCUT2D eigenvalue weighted by atomic mass is 10.2. The molecule has 0 amide bonds. The van der Waals surface area contributed by atoms with E-state index in [1.165, 1.54) is 4.90 Å². The van der Waals surface area contributed by atoms with Crippen molar-refractivity contribution < 1.29 is 14.4 Å². The number of fused-ring (bicyclic) bond motifs is 2. The highest BCUT2D eigenvalue weighted by Crippen LogP contribution is 2.29. The van der Waals surface area contributed by atoms with E-state index in [1.807, 2.05) is 30.5 Å². The van der Waals surface area contributed by atoms with Gasteiger partial charge in [0.15, 0.2) is 17.3 Å². The molecule has 0 spiro atoms. The highest BCUT2D eigenvalue weighted by atomic mass is 16.5. The summed E-state index contributed by atoms with van der Waals surface area (Å²) in [4.78, 5) is 30.7. The SMILES string of the molecule is CC[NH+](Cc1cn2c(C)cc(C)nc2n1)Cc1nc2cc(OC)c(OC)cc2c(=O)[nH]1. The molecule has 3 aromatic heterocycles. The fourth-order valence-electron chi connectivity index (χ4n) is 3.81. The van der Waals surface area contributed by atoms with Gasteiger partial charge in [-0.15, -0.1) is 0 Å². The lowest BCUT2D eigenvalue weighted by Gasteiger charge is -2.16. The van der Waals surface area contributed by atoms with Gasteiger partial charge in [-0.05, 0) is 32.9 Å². The van der Waals surface area contributed by atoms with Crippen LogP contribution in [0.15, 0.2) is 29.2 Å². The predicted octanol–water partition coefficient (Wildman–Crippen LogP) is 1.20. The van der Waals surface area contributed by atoms with Gasteiger partial charge in [-0.2, -0.15) is 0 Å². The number of aryl methyl sites for hydroxylation is 2. The van der Waals surface area contributed by atoms with Crippen LogP contribution in [0.5, 0.6) is 11.5 Å². The van der Waals surface area contributed by atoms with Gasteiger partial charge in [-0.1, -0.05) is 0 Å². The minimum Gasteiger partial charge on any atom is -0.493 e. The summed E-state index contributed by atoms with van der Waals surface area (Å²) >= 11 is 0. The van der Waals surface area contributed by atoms with E-state index in [-0.39, 0.29) is 5.56 Å². The fourth-order valence-corrected chi connectivity index (χ4v) is 3.81. The number of methoxy groups -OCH3 is 2. The van der Waals surface area contributed by atoms with Crippen LogP contribution in [0, 0.1) is 13.8 Å². The summed E-state index contributed by atoms with van der Waals surface area (Å²) in [6, 6.07) is 5.43. The second-order valence-corrected chi connectivity index (χ2v) is 7.64. The van der Waals surface area contributed by atoms with Crippen molar-refractivity contribution in [3.8, 4) is 11.5 Å². The van der Waals surface area contributed by atoms with Crippen LogP contribution in [0.25, 0.3) is 16.7 Å². The molecule has 0 saturated heterocycles. The number of quaternary nitrogens is 1. The van der Waals surface area contributed by atoms with Crippen LogP contribution in [-0.2, 0) is 13.1 Å². The standard InChI is InChI=1S/C22H26N6O3/c1-6-27(10-15-11-28-14(3)7-13(2)23-22(28)24-15)12-20-25-17-9-19(31-5)18(30-4)8-16(17)21(29)26-20/h7-9,11H,6,10,12H2,1-5H3,(H,25,26,29)/p+1. The maximum Gasteiger partial charge on any atom is 0.259 e. The maximum atomic E-state index is 12.7. The third-order valence-electron chi connectivity index (χ3n) is 5.42. The molecule has 0 radical (unpaired) electrons. The number of nitrogens with zero attached hydrogens (tertiary/aromatic N) is 4. The molecular formula is C22H27N6O3+. The molecule has 31 heavy (non-hydrogen) atoms. The average molecular weight is 423 g/mol. The third-order valence-corrected chi connectivity index (χ3v) is 5.42. The van der Waals surface area contributed by atoms with E-state index in [0.717, 1.165) is 23.6 Å². The van der Waals surface area contributed by atoms with Gasteiger partial charge in [-0.3, -0.25) is 9.20 Å². The van der Waals surface area contributed by atoms with E-state index in [1.54, 1.807) is 26.4 Å². The van der Waals surface area contributed by atoms with Crippen LogP contribution in [0.2, 0.25) is 0 Å². The number of nitrogens with one attached hydrogen (secondary N) is 2. The highest BCUT2D eigenvalue weighted by Gasteiger charge is 2.16. The molecule has 4 aromatic rings. The molecule has 1 aromatic carbocycles. The zero-order valence-corrected chi connectivity index (χ0v) is 18.4. The summed E-state index contributed by atoms with van der Waals surface area (Å²) in [5, 5.41) is 0.469. The van der Waals surface area contributed by atoms with E-state index in [9.17, 15) is 4.79 Å². The van der Waals surface area contributed by atoms with Crippen molar-refractivity contribution in [2.24, 2.45) is 0 Å². The molecule has 0 aliphatic heterocycles. The number of aromatic nitrogens is 5. The van der Waals surface area contributed by atoms with E-state index in [4.69, 9.17) is 9.47 Å². The van der Waals surface area contributed by atoms with Crippen molar-refractivity contribution in [2.75, 3.05) is 20.8 Å². The van der Waals surface area contributed by atoms with E-state index < -0.39 is 0 Å². The van der Waals surface area contributed by atoms with Crippen LogP contribution < -0.4 is 19.9 Å². The number of imidazole rings is 1. The molecule has 0 saturated carbocycles. The third kappa shape index (κ3) is 4.09. The van der Waals surface area contributed by atoms with Crippen molar-refractivity contribution in [3.05, 3.63) is 57.7 Å². The van der Waals surface area contributed by atoms with Crippen LogP contribution >= 0.6 is 0 Å². The monoisotopic (exact) mass is 423 g/mol. The van der Waals surface area contributed by atoms with Crippen LogP contribution in [0.1, 0.15) is 29.8 Å². The Hall–Kier alpha value is -3.46. The molecule has 2 N–H and O–H groups in total. The number of rotatable bonds is 7. The first kappa shape index (κ1) is 20.8. The fraction of sp³-hybridized carbons (Fsp3) is 0.364.